The average molecular weight is 355 g/mol. The second-order valence-corrected chi connectivity index (χ2v) is 6.49. The number of carbonyl (C=O) groups excluding carboxylic acids is 1. The molecule has 1 aromatic heterocycles. The third kappa shape index (κ3) is 2.57. The zero-order valence-corrected chi connectivity index (χ0v) is 14.3. The maximum absolute atomic E-state index is 12.2. The normalized spacial score (nSPS) is 12.5. The fourth-order valence-corrected chi connectivity index (χ4v) is 2.91. The number of hydrogen-bond acceptors (Lipinski definition) is 1. The summed E-state index contributed by atoms with van der Waals surface area (Å²) >= 11 is 9.48. The van der Waals surface area contributed by atoms with Gasteiger partial charge in [-0.25, -0.2) is 0 Å². The molecule has 1 heterocycles. The molecule has 0 aliphatic heterocycles. The summed E-state index contributed by atoms with van der Waals surface area (Å²) in [5.41, 5.74) is 4.89. The van der Waals surface area contributed by atoms with Gasteiger partial charge in [-0.3, -0.25) is 4.79 Å². The van der Waals surface area contributed by atoms with Gasteiger partial charge in [-0.15, -0.1) is 11.6 Å². The van der Waals surface area contributed by atoms with Crippen molar-refractivity contribution in [1.29, 1.82) is 0 Å². The molecular formula is C16H17BrClNO. The second-order valence-electron chi connectivity index (χ2n) is 4.98. The maximum atomic E-state index is 12.2. The van der Waals surface area contributed by atoms with Gasteiger partial charge in [-0.1, -0.05) is 22.0 Å². The van der Waals surface area contributed by atoms with Crippen LogP contribution >= 0.6 is 27.5 Å². The first kappa shape index (κ1) is 15.3. The van der Waals surface area contributed by atoms with Gasteiger partial charge in [0.05, 0.1) is 5.38 Å². The third-order valence-corrected chi connectivity index (χ3v) is 4.60. The zero-order valence-electron chi connectivity index (χ0n) is 12.0. The Morgan fingerprint density at radius 3 is 2.55 bits per heavy atom. The summed E-state index contributed by atoms with van der Waals surface area (Å²) in [7, 11) is 0. The quantitative estimate of drug-likeness (QED) is 0.563. The highest BCUT2D eigenvalue weighted by Crippen LogP contribution is 2.28. The fraction of sp³-hybridized carbons (Fsp3) is 0.312. The molecule has 0 fully saturated rings. The van der Waals surface area contributed by atoms with E-state index >= 15 is 0 Å². The molecule has 0 amide bonds. The van der Waals surface area contributed by atoms with E-state index in [0.717, 1.165) is 27.1 Å². The molecule has 1 atom stereocenters. The molecule has 2 nitrogen and oxygen atoms in total. The molecule has 2 aromatic rings. The van der Waals surface area contributed by atoms with Crippen molar-refractivity contribution in [3.63, 3.8) is 0 Å². The summed E-state index contributed by atoms with van der Waals surface area (Å²) in [5.74, 6) is -0.0290. The zero-order chi connectivity index (χ0) is 15.0. The lowest BCUT2D eigenvalue weighted by Gasteiger charge is -2.14. The van der Waals surface area contributed by atoms with E-state index in [-0.39, 0.29) is 5.78 Å². The predicted octanol–water partition coefficient (Wildman–Crippen LogP) is 4.98. The van der Waals surface area contributed by atoms with Crippen molar-refractivity contribution < 1.29 is 4.79 Å². The van der Waals surface area contributed by atoms with Gasteiger partial charge in [-0.2, -0.15) is 0 Å². The average Bonchev–Trinajstić information content (AvgIpc) is 2.68. The molecule has 4 heteroatoms. The van der Waals surface area contributed by atoms with Crippen molar-refractivity contribution in [2.75, 3.05) is 0 Å². The predicted molar refractivity (Wildman–Crippen MR) is 87.3 cm³/mol. The molecular weight excluding hydrogens is 338 g/mol. The fourth-order valence-electron chi connectivity index (χ4n) is 2.44. The molecule has 0 aliphatic rings. The SMILES string of the molecule is Cc1c(Br)cccc1-n1c(C)cc(C(=O)C(C)Cl)c1C. The Hall–Kier alpha value is -1.06. The van der Waals surface area contributed by atoms with Gasteiger partial charge in [0, 0.05) is 27.1 Å². The van der Waals surface area contributed by atoms with E-state index in [1.165, 1.54) is 0 Å². The van der Waals surface area contributed by atoms with Crippen molar-refractivity contribution in [2.24, 2.45) is 0 Å². The lowest BCUT2D eigenvalue weighted by molar-refractivity contribution is 0.0991. The number of halogens is 2. The minimum absolute atomic E-state index is 0.0290. The summed E-state index contributed by atoms with van der Waals surface area (Å²) in [6, 6.07) is 7.98. The van der Waals surface area contributed by atoms with Crippen LogP contribution in [0.2, 0.25) is 0 Å². The van der Waals surface area contributed by atoms with Gasteiger partial charge in [0.25, 0.3) is 0 Å². The van der Waals surface area contributed by atoms with Crippen molar-refractivity contribution in [3.05, 3.63) is 51.3 Å². The molecule has 0 saturated carbocycles. The van der Waals surface area contributed by atoms with Gasteiger partial charge in [0.1, 0.15) is 0 Å². The van der Waals surface area contributed by atoms with E-state index in [9.17, 15) is 4.79 Å². The van der Waals surface area contributed by atoms with Gasteiger partial charge >= 0.3 is 0 Å². The Morgan fingerprint density at radius 1 is 1.30 bits per heavy atom. The van der Waals surface area contributed by atoms with Crippen LogP contribution in [-0.4, -0.2) is 15.7 Å². The first-order valence-corrected chi connectivity index (χ1v) is 7.70. The number of hydrogen-bond donors (Lipinski definition) is 0. The number of nitrogens with zero attached hydrogens (tertiary/aromatic N) is 1. The summed E-state index contributed by atoms with van der Waals surface area (Å²) in [4.78, 5) is 12.2. The van der Waals surface area contributed by atoms with Crippen LogP contribution in [0, 0.1) is 20.8 Å². The Bertz CT molecular complexity index is 673. The number of aryl methyl sites for hydroxylation is 1. The van der Waals surface area contributed by atoms with Gasteiger partial charge in [-0.05, 0) is 51.5 Å². The topological polar surface area (TPSA) is 22.0 Å². The molecule has 106 valence electrons. The molecule has 0 saturated heterocycles. The van der Waals surface area contributed by atoms with Crippen LogP contribution in [0.4, 0.5) is 0 Å². The first-order chi connectivity index (χ1) is 9.34. The van der Waals surface area contributed by atoms with Crippen LogP contribution < -0.4 is 0 Å². The van der Waals surface area contributed by atoms with Crippen molar-refractivity contribution >= 4 is 33.3 Å². The highest BCUT2D eigenvalue weighted by molar-refractivity contribution is 9.10. The van der Waals surface area contributed by atoms with Crippen molar-refractivity contribution in [1.82, 2.24) is 4.57 Å². The number of ketones is 1. The number of aromatic nitrogens is 1. The van der Waals surface area contributed by atoms with Gasteiger partial charge < -0.3 is 4.57 Å². The van der Waals surface area contributed by atoms with Crippen LogP contribution in [0.15, 0.2) is 28.7 Å². The molecule has 0 spiro atoms. The lowest BCUT2D eigenvalue weighted by atomic mass is 10.1. The monoisotopic (exact) mass is 353 g/mol. The highest BCUT2D eigenvalue weighted by Gasteiger charge is 2.20. The summed E-state index contributed by atoms with van der Waals surface area (Å²) < 4.78 is 3.16. The highest BCUT2D eigenvalue weighted by atomic mass is 79.9. The lowest BCUT2D eigenvalue weighted by Crippen LogP contribution is -2.12. The van der Waals surface area contributed by atoms with E-state index in [1.807, 2.05) is 32.0 Å². The van der Waals surface area contributed by atoms with Crippen LogP contribution in [0.3, 0.4) is 0 Å². The van der Waals surface area contributed by atoms with Crippen molar-refractivity contribution in [3.8, 4) is 5.69 Å². The van der Waals surface area contributed by atoms with Crippen LogP contribution in [0.25, 0.3) is 5.69 Å². The van der Waals surface area contributed by atoms with E-state index < -0.39 is 5.38 Å². The van der Waals surface area contributed by atoms with Crippen LogP contribution in [-0.2, 0) is 0 Å². The number of Topliss-reactive ketones (excluding diaryl/α,β-unsaturated/α-hetero) is 1. The molecule has 1 aromatic carbocycles. The smallest absolute Gasteiger partial charge is 0.182 e. The van der Waals surface area contributed by atoms with Gasteiger partial charge in [0.15, 0.2) is 5.78 Å². The number of alkyl halides is 1. The molecule has 20 heavy (non-hydrogen) atoms. The minimum atomic E-state index is -0.507. The van der Waals surface area contributed by atoms with E-state index in [1.54, 1.807) is 6.92 Å². The Kier molecular flexibility index (Phi) is 4.40. The maximum Gasteiger partial charge on any atom is 0.182 e. The molecule has 0 bridgehead atoms. The molecule has 0 N–H and O–H groups in total. The molecule has 0 radical (unpaired) electrons. The van der Waals surface area contributed by atoms with Gasteiger partial charge in [0.2, 0.25) is 0 Å². The largest absolute Gasteiger partial charge is 0.317 e. The minimum Gasteiger partial charge on any atom is -0.317 e. The summed E-state index contributed by atoms with van der Waals surface area (Å²) in [6.07, 6.45) is 0. The Balaban J connectivity index is 2.65. The van der Waals surface area contributed by atoms with E-state index in [0.29, 0.717) is 5.56 Å². The van der Waals surface area contributed by atoms with E-state index in [2.05, 4.69) is 33.5 Å². The van der Waals surface area contributed by atoms with Crippen LogP contribution in [0.1, 0.15) is 34.2 Å². The number of carbonyl (C=O) groups is 1. The molecule has 0 aliphatic carbocycles. The Morgan fingerprint density at radius 2 is 1.95 bits per heavy atom. The van der Waals surface area contributed by atoms with Crippen molar-refractivity contribution in [2.45, 2.75) is 33.1 Å². The standard InChI is InChI=1S/C16H17BrClNO/c1-9-8-13(16(20)11(3)18)12(4)19(9)15-7-5-6-14(17)10(15)2/h5-8,11H,1-4H3. The summed E-state index contributed by atoms with van der Waals surface area (Å²) in [5, 5.41) is -0.507. The summed E-state index contributed by atoms with van der Waals surface area (Å²) in [6.45, 7) is 7.73. The first-order valence-electron chi connectivity index (χ1n) is 6.47. The second kappa shape index (κ2) is 5.74. The number of benzene rings is 1. The third-order valence-electron chi connectivity index (χ3n) is 3.54. The molecule has 2 rings (SSSR count). The number of rotatable bonds is 3. The Labute approximate surface area is 132 Å². The molecule has 1 unspecified atom stereocenters. The van der Waals surface area contributed by atoms with E-state index in [4.69, 9.17) is 11.6 Å². The van der Waals surface area contributed by atoms with Crippen LogP contribution in [0.5, 0.6) is 0 Å².